The summed E-state index contributed by atoms with van der Waals surface area (Å²) < 4.78 is 7.46. The van der Waals surface area contributed by atoms with Crippen molar-refractivity contribution in [2.24, 2.45) is 4.99 Å². The SMILES string of the molecule is CCNC(=NCc1ccccc1-n1nc(C)cc1C)NCc1cc(-c2ccccc2)on1. The molecule has 4 aromatic rings. The van der Waals surface area contributed by atoms with Crippen molar-refractivity contribution in [3.63, 3.8) is 0 Å². The smallest absolute Gasteiger partial charge is 0.191 e. The van der Waals surface area contributed by atoms with E-state index in [9.17, 15) is 0 Å². The minimum Gasteiger partial charge on any atom is -0.357 e. The van der Waals surface area contributed by atoms with Gasteiger partial charge in [0.1, 0.15) is 5.69 Å². The summed E-state index contributed by atoms with van der Waals surface area (Å²) >= 11 is 0. The Labute approximate surface area is 188 Å². The number of nitrogens with one attached hydrogen (secondary N) is 2. The fraction of sp³-hybridized carbons (Fsp3) is 0.240. The molecule has 0 aliphatic carbocycles. The Bertz CT molecular complexity index is 1190. The molecule has 0 atom stereocenters. The molecule has 2 heterocycles. The first-order chi connectivity index (χ1) is 15.6. The van der Waals surface area contributed by atoms with Gasteiger partial charge in [-0.25, -0.2) is 9.67 Å². The predicted molar refractivity (Wildman–Crippen MR) is 127 cm³/mol. The number of nitrogens with zero attached hydrogens (tertiary/aromatic N) is 4. The molecule has 0 aliphatic rings. The minimum atomic E-state index is 0.515. The standard InChI is InChI=1S/C25H28N6O/c1-4-26-25(28-17-22-15-24(32-30-22)20-10-6-5-7-11-20)27-16-21-12-8-9-13-23(21)31-19(3)14-18(2)29-31/h5-15H,4,16-17H2,1-3H3,(H2,26,27,28). The van der Waals surface area contributed by atoms with Gasteiger partial charge in [0.25, 0.3) is 0 Å². The number of aryl methyl sites for hydroxylation is 2. The summed E-state index contributed by atoms with van der Waals surface area (Å²) in [6.07, 6.45) is 0. The zero-order chi connectivity index (χ0) is 22.3. The molecule has 2 N–H and O–H groups in total. The average molecular weight is 429 g/mol. The Hall–Kier alpha value is -3.87. The Morgan fingerprint density at radius 3 is 2.53 bits per heavy atom. The Morgan fingerprint density at radius 2 is 1.78 bits per heavy atom. The summed E-state index contributed by atoms with van der Waals surface area (Å²) in [5, 5.41) is 15.4. The summed E-state index contributed by atoms with van der Waals surface area (Å²) in [7, 11) is 0. The van der Waals surface area contributed by atoms with Crippen LogP contribution in [0.25, 0.3) is 17.0 Å². The largest absolute Gasteiger partial charge is 0.357 e. The van der Waals surface area contributed by atoms with E-state index < -0.39 is 0 Å². The summed E-state index contributed by atoms with van der Waals surface area (Å²) in [5.74, 6) is 1.48. The average Bonchev–Trinajstić information content (AvgIpc) is 3.42. The number of hydrogen-bond donors (Lipinski definition) is 2. The second-order valence-electron chi connectivity index (χ2n) is 7.56. The van der Waals surface area contributed by atoms with Crippen molar-refractivity contribution in [2.75, 3.05) is 6.54 Å². The molecular weight excluding hydrogens is 400 g/mol. The van der Waals surface area contributed by atoms with Gasteiger partial charge in [0.2, 0.25) is 0 Å². The summed E-state index contributed by atoms with van der Waals surface area (Å²) in [6, 6.07) is 22.2. The highest BCUT2D eigenvalue weighted by Crippen LogP contribution is 2.20. The second-order valence-corrected chi connectivity index (χ2v) is 7.56. The van der Waals surface area contributed by atoms with E-state index in [-0.39, 0.29) is 0 Å². The third-order valence-electron chi connectivity index (χ3n) is 5.04. The third kappa shape index (κ3) is 5.06. The molecule has 4 rings (SSSR count). The Morgan fingerprint density at radius 1 is 1.00 bits per heavy atom. The Balaban J connectivity index is 1.47. The quantitative estimate of drug-likeness (QED) is 0.337. The van der Waals surface area contributed by atoms with Crippen LogP contribution in [-0.2, 0) is 13.1 Å². The molecule has 0 bridgehead atoms. The number of benzene rings is 2. The molecule has 0 spiro atoms. The van der Waals surface area contributed by atoms with Crippen molar-refractivity contribution in [3.8, 4) is 17.0 Å². The van der Waals surface area contributed by atoms with Gasteiger partial charge in [-0.1, -0.05) is 53.7 Å². The number of para-hydroxylation sites is 1. The normalized spacial score (nSPS) is 11.5. The molecule has 0 fully saturated rings. The van der Waals surface area contributed by atoms with Crippen molar-refractivity contribution in [1.29, 1.82) is 0 Å². The predicted octanol–water partition coefficient (Wildman–Crippen LogP) is 4.40. The highest BCUT2D eigenvalue weighted by atomic mass is 16.5. The van der Waals surface area contributed by atoms with Gasteiger partial charge >= 0.3 is 0 Å². The number of hydrogen-bond acceptors (Lipinski definition) is 4. The lowest BCUT2D eigenvalue weighted by Crippen LogP contribution is -2.36. The Kier molecular flexibility index (Phi) is 6.65. The molecule has 0 saturated carbocycles. The first kappa shape index (κ1) is 21.4. The van der Waals surface area contributed by atoms with E-state index in [0.717, 1.165) is 52.2 Å². The van der Waals surface area contributed by atoms with E-state index in [0.29, 0.717) is 13.1 Å². The van der Waals surface area contributed by atoms with E-state index >= 15 is 0 Å². The van der Waals surface area contributed by atoms with Crippen molar-refractivity contribution in [3.05, 3.63) is 89.4 Å². The van der Waals surface area contributed by atoms with Gasteiger partial charge in [-0.15, -0.1) is 0 Å². The van der Waals surface area contributed by atoms with Gasteiger partial charge in [-0.05, 0) is 38.5 Å². The maximum absolute atomic E-state index is 5.49. The molecule has 2 aromatic heterocycles. The van der Waals surface area contributed by atoms with Crippen LogP contribution < -0.4 is 10.6 Å². The molecule has 7 nitrogen and oxygen atoms in total. The van der Waals surface area contributed by atoms with Crippen LogP contribution in [0.3, 0.4) is 0 Å². The van der Waals surface area contributed by atoms with Crippen LogP contribution in [0.5, 0.6) is 0 Å². The van der Waals surface area contributed by atoms with Gasteiger partial charge in [0.05, 0.1) is 24.5 Å². The molecule has 0 aliphatic heterocycles. The molecule has 164 valence electrons. The van der Waals surface area contributed by atoms with E-state index in [1.807, 2.05) is 67.1 Å². The van der Waals surface area contributed by atoms with E-state index in [4.69, 9.17) is 9.52 Å². The summed E-state index contributed by atoms with van der Waals surface area (Å²) in [6.45, 7) is 7.92. The van der Waals surface area contributed by atoms with Gasteiger partial charge in [0, 0.05) is 23.9 Å². The molecule has 32 heavy (non-hydrogen) atoms. The lowest BCUT2D eigenvalue weighted by molar-refractivity contribution is 0.422. The minimum absolute atomic E-state index is 0.515. The number of aromatic nitrogens is 3. The number of guanidine groups is 1. The van der Waals surface area contributed by atoms with Crippen LogP contribution >= 0.6 is 0 Å². The van der Waals surface area contributed by atoms with Gasteiger partial charge in [0.15, 0.2) is 11.7 Å². The second kappa shape index (κ2) is 9.96. The van der Waals surface area contributed by atoms with E-state index in [1.165, 1.54) is 0 Å². The summed E-state index contributed by atoms with van der Waals surface area (Å²) in [5.41, 5.74) is 6.07. The third-order valence-corrected chi connectivity index (χ3v) is 5.04. The van der Waals surface area contributed by atoms with Gasteiger partial charge in [-0.3, -0.25) is 0 Å². The fourth-order valence-electron chi connectivity index (χ4n) is 3.54. The van der Waals surface area contributed by atoms with Crippen LogP contribution in [0.4, 0.5) is 0 Å². The zero-order valence-electron chi connectivity index (χ0n) is 18.7. The zero-order valence-corrected chi connectivity index (χ0v) is 18.7. The first-order valence-corrected chi connectivity index (χ1v) is 10.8. The number of aliphatic imine (C=N–C) groups is 1. The molecule has 2 aromatic carbocycles. The molecule has 0 unspecified atom stereocenters. The van der Waals surface area contributed by atoms with Crippen LogP contribution in [0.2, 0.25) is 0 Å². The molecule has 0 radical (unpaired) electrons. The highest BCUT2D eigenvalue weighted by Gasteiger charge is 2.10. The van der Waals surface area contributed by atoms with Crippen molar-refractivity contribution in [1.82, 2.24) is 25.6 Å². The lowest BCUT2D eigenvalue weighted by atomic mass is 10.1. The van der Waals surface area contributed by atoms with E-state index in [1.54, 1.807) is 0 Å². The maximum atomic E-state index is 5.49. The van der Waals surface area contributed by atoms with E-state index in [2.05, 4.69) is 46.0 Å². The maximum Gasteiger partial charge on any atom is 0.191 e. The molecule has 7 heteroatoms. The molecule has 0 saturated heterocycles. The van der Waals surface area contributed by atoms with Gasteiger partial charge < -0.3 is 15.2 Å². The molecule has 0 amide bonds. The van der Waals surface area contributed by atoms with Crippen molar-refractivity contribution in [2.45, 2.75) is 33.9 Å². The van der Waals surface area contributed by atoms with Crippen molar-refractivity contribution >= 4 is 5.96 Å². The van der Waals surface area contributed by atoms with Crippen LogP contribution in [0, 0.1) is 13.8 Å². The van der Waals surface area contributed by atoms with Crippen molar-refractivity contribution < 1.29 is 4.52 Å². The molecular formula is C25H28N6O. The van der Waals surface area contributed by atoms with Crippen LogP contribution in [0.1, 0.15) is 29.6 Å². The van der Waals surface area contributed by atoms with Crippen LogP contribution in [0.15, 0.2) is 76.2 Å². The highest BCUT2D eigenvalue weighted by molar-refractivity contribution is 5.79. The first-order valence-electron chi connectivity index (χ1n) is 10.8. The van der Waals surface area contributed by atoms with Crippen LogP contribution in [-0.4, -0.2) is 27.4 Å². The van der Waals surface area contributed by atoms with Gasteiger partial charge in [-0.2, -0.15) is 5.10 Å². The monoisotopic (exact) mass is 428 g/mol. The topological polar surface area (TPSA) is 80.3 Å². The lowest BCUT2D eigenvalue weighted by Gasteiger charge is -2.12. The summed E-state index contributed by atoms with van der Waals surface area (Å²) in [4.78, 5) is 4.78. The fourth-order valence-corrected chi connectivity index (χ4v) is 3.54. The number of rotatable bonds is 7.